The van der Waals surface area contributed by atoms with Crippen LogP contribution in [0.3, 0.4) is 0 Å². The average Bonchev–Trinajstić information content (AvgIpc) is 2.52. The van der Waals surface area contributed by atoms with E-state index >= 15 is 0 Å². The van der Waals surface area contributed by atoms with Crippen molar-refractivity contribution in [2.24, 2.45) is 5.16 Å². The number of halogens is 1. The number of hydrogen-bond donors (Lipinski definition) is 0. The van der Waals surface area contributed by atoms with Crippen LogP contribution < -0.4 is 4.57 Å². The first-order valence-electron chi connectivity index (χ1n) is 5.62. The van der Waals surface area contributed by atoms with Gasteiger partial charge in [-0.3, -0.25) is 4.79 Å². The Labute approximate surface area is 112 Å². The summed E-state index contributed by atoms with van der Waals surface area (Å²) in [6, 6.07) is 5.41. The zero-order valence-corrected chi connectivity index (χ0v) is 12.6. The van der Waals surface area contributed by atoms with Crippen LogP contribution in [0.25, 0.3) is 0 Å². The van der Waals surface area contributed by atoms with Gasteiger partial charge in [0.2, 0.25) is 0 Å². The minimum atomic E-state index is -1.82. The predicted octanol–water partition coefficient (Wildman–Crippen LogP) is 2.87. The van der Waals surface area contributed by atoms with E-state index in [0.717, 1.165) is 11.3 Å². The molecule has 0 fully saturated rings. The molecule has 0 unspecified atom stereocenters. The van der Waals surface area contributed by atoms with Gasteiger partial charge in [0.1, 0.15) is 7.11 Å². The molecule has 0 bridgehead atoms. The molecule has 6 heteroatoms. The number of hydrogen-bond acceptors (Lipinski definition) is 3. The van der Waals surface area contributed by atoms with Crippen LogP contribution in [0, 0.1) is 0 Å². The highest BCUT2D eigenvalue weighted by atomic mass is 35.5. The minimum absolute atomic E-state index is 0.103. The molecule has 0 spiro atoms. The fourth-order valence-corrected chi connectivity index (χ4v) is 3.87. The van der Waals surface area contributed by atoms with E-state index < -0.39 is 8.24 Å². The topological polar surface area (TPSA) is 41.9 Å². The summed E-state index contributed by atoms with van der Waals surface area (Å²) in [5.74, 6) is -0.103. The van der Waals surface area contributed by atoms with Gasteiger partial charge in [0.25, 0.3) is 5.91 Å². The Balaban J connectivity index is 2.65. The van der Waals surface area contributed by atoms with E-state index in [1.807, 2.05) is 10.6 Å². The molecule has 2 rings (SSSR count). The van der Waals surface area contributed by atoms with Gasteiger partial charge in [-0.2, -0.15) is 0 Å². The smallest absolute Gasteiger partial charge is 0.273 e. The fourth-order valence-electron chi connectivity index (χ4n) is 2.07. The third-order valence-corrected chi connectivity index (χ3v) is 4.73. The minimum Gasteiger partial charge on any atom is -0.398 e. The monoisotopic (exact) mass is 282 g/mol. The summed E-state index contributed by atoms with van der Waals surface area (Å²) in [6.45, 7) is 6.33. The van der Waals surface area contributed by atoms with Crippen molar-refractivity contribution in [2.75, 3.05) is 11.7 Å². The van der Waals surface area contributed by atoms with Gasteiger partial charge in [0, 0.05) is 16.3 Å². The van der Waals surface area contributed by atoms with Crippen molar-refractivity contribution in [1.82, 2.24) is 0 Å². The van der Waals surface area contributed by atoms with Crippen LogP contribution in [-0.2, 0) is 9.63 Å². The molecule has 1 aliphatic heterocycles. The standard InChI is InChI=1S/C12H15ClN2O2Si/c1-17-14-11-9-7-8(13)5-6-10(9)15(12(11)16)18(2,3)4/h5-7H,1-4H3/b14-11+. The van der Waals surface area contributed by atoms with Crippen LogP contribution in [0.2, 0.25) is 24.7 Å². The molecule has 1 aromatic carbocycles. The van der Waals surface area contributed by atoms with Crippen molar-refractivity contribution in [3.8, 4) is 0 Å². The molecule has 1 amide bonds. The highest BCUT2D eigenvalue weighted by Gasteiger charge is 2.41. The van der Waals surface area contributed by atoms with Crippen LogP contribution >= 0.6 is 11.6 Å². The van der Waals surface area contributed by atoms with Crippen LogP contribution in [0.4, 0.5) is 5.69 Å². The molecule has 0 atom stereocenters. The second kappa shape index (κ2) is 4.40. The van der Waals surface area contributed by atoms with Gasteiger partial charge < -0.3 is 9.40 Å². The Morgan fingerprint density at radius 1 is 1.33 bits per heavy atom. The molecular formula is C12H15ClN2O2Si. The van der Waals surface area contributed by atoms with Crippen LogP contribution in [0.15, 0.2) is 23.4 Å². The van der Waals surface area contributed by atoms with E-state index in [4.69, 9.17) is 16.4 Å². The zero-order chi connectivity index (χ0) is 13.5. The van der Waals surface area contributed by atoms with Crippen molar-refractivity contribution in [2.45, 2.75) is 19.6 Å². The van der Waals surface area contributed by atoms with Crippen molar-refractivity contribution >= 4 is 37.1 Å². The molecule has 0 N–H and O–H groups in total. The molecule has 0 radical (unpaired) electrons. The maximum atomic E-state index is 12.4. The Hall–Kier alpha value is -1.33. The lowest BCUT2D eigenvalue weighted by Crippen LogP contribution is -2.49. The molecule has 0 aromatic heterocycles. The second-order valence-corrected chi connectivity index (χ2v) is 10.3. The van der Waals surface area contributed by atoms with Gasteiger partial charge in [-0.25, -0.2) is 0 Å². The van der Waals surface area contributed by atoms with Crippen LogP contribution in [-0.4, -0.2) is 27.0 Å². The molecular weight excluding hydrogens is 268 g/mol. The normalized spacial score (nSPS) is 17.3. The number of amides is 1. The molecule has 96 valence electrons. The quantitative estimate of drug-likeness (QED) is 0.618. The van der Waals surface area contributed by atoms with Crippen molar-refractivity contribution in [3.63, 3.8) is 0 Å². The van der Waals surface area contributed by atoms with E-state index in [9.17, 15) is 4.79 Å². The van der Waals surface area contributed by atoms with Crippen molar-refractivity contribution in [1.29, 1.82) is 0 Å². The summed E-state index contributed by atoms with van der Waals surface area (Å²) < 4.78 is 1.84. The number of benzene rings is 1. The Morgan fingerprint density at radius 3 is 2.56 bits per heavy atom. The highest BCUT2D eigenvalue weighted by molar-refractivity contribution is 6.87. The van der Waals surface area contributed by atoms with Gasteiger partial charge >= 0.3 is 0 Å². The number of nitrogens with zero attached hydrogens (tertiary/aromatic N) is 2. The first-order valence-corrected chi connectivity index (χ1v) is 9.44. The summed E-state index contributed by atoms with van der Waals surface area (Å²) >= 11 is 5.98. The summed E-state index contributed by atoms with van der Waals surface area (Å²) in [7, 11) is -0.390. The summed E-state index contributed by atoms with van der Waals surface area (Å²) in [4.78, 5) is 17.2. The maximum Gasteiger partial charge on any atom is 0.273 e. The van der Waals surface area contributed by atoms with E-state index in [1.54, 1.807) is 12.1 Å². The lowest BCUT2D eigenvalue weighted by molar-refractivity contribution is -0.111. The number of oxime groups is 1. The molecule has 1 aliphatic rings. The number of carbonyl (C=O) groups excluding carboxylic acids is 1. The van der Waals surface area contributed by atoms with Gasteiger partial charge in [-0.05, 0) is 18.2 Å². The van der Waals surface area contributed by atoms with Crippen molar-refractivity contribution < 1.29 is 9.63 Å². The molecule has 0 saturated carbocycles. The number of carbonyl (C=O) groups is 1. The van der Waals surface area contributed by atoms with Crippen LogP contribution in [0.1, 0.15) is 5.56 Å². The second-order valence-electron chi connectivity index (χ2n) is 5.10. The average molecular weight is 283 g/mol. The lowest BCUT2D eigenvalue weighted by Gasteiger charge is -2.30. The highest BCUT2D eigenvalue weighted by Crippen LogP contribution is 2.35. The summed E-state index contributed by atoms with van der Waals surface area (Å²) in [5.41, 5.74) is 1.95. The molecule has 4 nitrogen and oxygen atoms in total. The van der Waals surface area contributed by atoms with Gasteiger partial charge in [-0.15, -0.1) is 0 Å². The third kappa shape index (κ3) is 2.04. The van der Waals surface area contributed by atoms with Crippen LogP contribution in [0.5, 0.6) is 0 Å². The Bertz CT molecular complexity index is 537. The van der Waals surface area contributed by atoms with Gasteiger partial charge in [0.15, 0.2) is 13.9 Å². The molecule has 18 heavy (non-hydrogen) atoms. The largest absolute Gasteiger partial charge is 0.398 e. The van der Waals surface area contributed by atoms with E-state index in [0.29, 0.717) is 10.7 Å². The molecule has 1 aromatic rings. The number of rotatable bonds is 2. The van der Waals surface area contributed by atoms with Crippen molar-refractivity contribution in [3.05, 3.63) is 28.8 Å². The first kappa shape index (κ1) is 13.1. The molecule has 1 heterocycles. The summed E-state index contributed by atoms with van der Waals surface area (Å²) in [6.07, 6.45) is 0. The zero-order valence-electron chi connectivity index (χ0n) is 10.8. The fraction of sp³-hybridized carbons (Fsp3) is 0.333. The Kier molecular flexibility index (Phi) is 3.21. The molecule has 0 saturated heterocycles. The van der Waals surface area contributed by atoms with E-state index in [-0.39, 0.29) is 5.91 Å². The third-order valence-electron chi connectivity index (χ3n) is 2.71. The Morgan fingerprint density at radius 2 is 2.00 bits per heavy atom. The summed E-state index contributed by atoms with van der Waals surface area (Å²) in [5, 5.41) is 4.43. The first-order chi connectivity index (χ1) is 8.36. The van der Waals surface area contributed by atoms with E-state index in [2.05, 4.69) is 24.8 Å². The number of fused-ring (bicyclic) bond motifs is 1. The SMILES string of the molecule is CO/N=C1/C(=O)N([Si](C)(C)C)c2ccc(Cl)cc21. The van der Waals surface area contributed by atoms with E-state index in [1.165, 1.54) is 7.11 Å². The lowest BCUT2D eigenvalue weighted by atomic mass is 10.1. The predicted molar refractivity (Wildman–Crippen MR) is 75.8 cm³/mol. The van der Waals surface area contributed by atoms with Gasteiger partial charge in [-0.1, -0.05) is 36.4 Å². The molecule has 0 aliphatic carbocycles. The van der Waals surface area contributed by atoms with Gasteiger partial charge in [0.05, 0.1) is 0 Å². The number of anilines is 1. The maximum absolute atomic E-state index is 12.4.